The SMILES string of the molecule is Nc1nc(Nc2nn[nH]n2)n(-c2ccccc2)n1. The predicted octanol–water partition coefficient (Wildman–Crippen LogP) is 0.106. The van der Waals surface area contributed by atoms with E-state index < -0.39 is 0 Å². The quantitative estimate of drug-likeness (QED) is 0.596. The zero-order chi connectivity index (χ0) is 12.4. The lowest BCUT2D eigenvalue weighted by atomic mass is 10.3. The summed E-state index contributed by atoms with van der Waals surface area (Å²) in [5, 5.41) is 20.3. The minimum atomic E-state index is 0.157. The van der Waals surface area contributed by atoms with Crippen LogP contribution in [0.1, 0.15) is 0 Å². The van der Waals surface area contributed by atoms with Crippen LogP contribution in [0.2, 0.25) is 0 Å². The van der Waals surface area contributed by atoms with Crippen LogP contribution in [0.5, 0.6) is 0 Å². The molecule has 3 rings (SSSR count). The monoisotopic (exact) mass is 243 g/mol. The van der Waals surface area contributed by atoms with Crippen LogP contribution in [0.15, 0.2) is 30.3 Å². The number of aromatic amines is 1. The van der Waals surface area contributed by atoms with E-state index in [1.54, 1.807) is 4.68 Å². The zero-order valence-electron chi connectivity index (χ0n) is 9.15. The molecular formula is C9H9N9. The van der Waals surface area contributed by atoms with E-state index in [9.17, 15) is 0 Å². The Kier molecular flexibility index (Phi) is 2.34. The van der Waals surface area contributed by atoms with Gasteiger partial charge in [-0.25, -0.2) is 0 Å². The van der Waals surface area contributed by atoms with E-state index in [0.29, 0.717) is 11.9 Å². The molecule has 4 N–H and O–H groups in total. The van der Waals surface area contributed by atoms with Crippen molar-refractivity contribution < 1.29 is 0 Å². The minimum absolute atomic E-state index is 0.157. The third kappa shape index (κ3) is 1.84. The van der Waals surface area contributed by atoms with Gasteiger partial charge < -0.3 is 5.73 Å². The van der Waals surface area contributed by atoms with Crippen molar-refractivity contribution in [2.24, 2.45) is 0 Å². The summed E-state index contributed by atoms with van der Waals surface area (Å²) < 4.78 is 1.56. The first-order valence-electron chi connectivity index (χ1n) is 5.11. The molecule has 2 heterocycles. The van der Waals surface area contributed by atoms with Gasteiger partial charge in [0.15, 0.2) is 0 Å². The van der Waals surface area contributed by atoms with Crippen LogP contribution in [-0.4, -0.2) is 35.4 Å². The Morgan fingerprint density at radius 3 is 2.78 bits per heavy atom. The predicted molar refractivity (Wildman–Crippen MR) is 63.2 cm³/mol. The number of hydrogen-bond donors (Lipinski definition) is 3. The van der Waals surface area contributed by atoms with Gasteiger partial charge in [-0.3, -0.25) is 5.32 Å². The molecule has 0 bridgehead atoms. The minimum Gasteiger partial charge on any atom is -0.366 e. The second-order valence-corrected chi connectivity index (χ2v) is 3.40. The fourth-order valence-electron chi connectivity index (χ4n) is 1.47. The smallest absolute Gasteiger partial charge is 0.269 e. The van der Waals surface area contributed by atoms with Gasteiger partial charge in [-0.05, 0) is 17.3 Å². The Morgan fingerprint density at radius 2 is 2.06 bits per heavy atom. The topological polar surface area (TPSA) is 123 Å². The van der Waals surface area contributed by atoms with Gasteiger partial charge in [0, 0.05) is 0 Å². The first-order chi connectivity index (χ1) is 8.83. The van der Waals surface area contributed by atoms with Gasteiger partial charge in [0.05, 0.1) is 5.69 Å². The number of nitrogens with zero attached hydrogens (tertiary/aromatic N) is 6. The number of H-pyrrole nitrogens is 1. The molecule has 0 aliphatic heterocycles. The standard InChI is InChI=1S/C9H9N9/c10-7-11-9(12-8-13-16-17-14-8)18(15-7)6-4-2-1-3-5-6/h1-5H,(H4,10,11,12,13,14,15,16,17). The van der Waals surface area contributed by atoms with Crippen LogP contribution in [0, 0.1) is 0 Å². The van der Waals surface area contributed by atoms with Crippen molar-refractivity contribution in [2.45, 2.75) is 0 Å². The Balaban J connectivity index is 2.00. The van der Waals surface area contributed by atoms with E-state index in [4.69, 9.17) is 5.73 Å². The molecule has 0 radical (unpaired) electrons. The van der Waals surface area contributed by atoms with Crippen LogP contribution in [-0.2, 0) is 0 Å². The maximum atomic E-state index is 5.60. The van der Waals surface area contributed by atoms with E-state index in [-0.39, 0.29) is 5.95 Å². The number of hydrogen-bond acceptors (Lipinski definition) is 7. The Hall–Kier alpha value is -2.97. The van der Waals surface area contributed by atoms with Crippen molar-refractivity contribution in [1.29, 1.82) is 0 Å². The highest BCUT2D eigenvalue weighted by Crippen LogP contribution is 2.16. The Bertz CT molecular complexity index is 627. The lowest BCUT2D eigenvalue weighted by molar-refractivity contribution is 0.881. The molecule has 9 heteroatoms. The molecule has 0 aliphatic carbocycles. The van der Waals surface area contributed by atoms with Gasteiger partial charge in [0.1, 0.15) is 0 Å². The fourth-order valence-corrected chi connectivity index (χ4v) is 1.47. The third-order valence-corrected chi connectivity index (χ3v) is 2.19. The number of tetrazole rings is 1. The summed E-state index contributed by atoms with van der Waals surface area (Å²) >= 11 is 0. The summed E-state index contributed by atoms with van der Waals surface area (Å²) in [5.41, 5.74) is 6.42. The number of benzene rings is 1. The van der Waals surface area contributed by atoms with E-state index >= 15 is 0 Å². The van der Waals surface area contributed by atoms with E-state index in [1.165, 1.54) is 0 Å². The van der Waals surface area contributed by atoms with Gasteiger partial charge in [0.2, 0.25) is 11.9 Å². The highest BCUT2D eigenvalue weighted by Gasteiger charge is 2.11. The lowest BCUT2D eigenvalue weighted by Crippen LogP contribution is -2.04. The van der Waals surface area contributed by atoms with Crippen LogP contribution < -0.4 is 11.1 Å². The van der Waals surface area contributed by atoms with Gasteiger partial charge in [-0.2, -0.15) is 14.9 Å². The fraction of sp³-hybridized carbons (Fsp3) is 0. The largest absolute Gasteiger partial charge is 0.366 e. The molecule has 0 spiro atoms. The van der Waals surface area contributed by atoms with Gasteiger partial charge in [-0.1, -0.05) is 23.3 Å². The maximum Gasteiger partial charge on any atom is 0.269 e. The van der Waals surface area contributed by atoms with Crippen LogP contribution in [0.25, 0.3) is 5.69 Å². The normalized spacial score (nSPS) is 10.4. The van der Waals surface area contributed by atoms with E-state index in [0.717, 1.165) is 5.69 Å². The Labute approximate surface area is 101 Å². The summed E-state index contributed by atoms with van der Waals surface area (Å²) in [7, 11) is 0. The third-order valence-electron chi connectivity index (χ3n) is 2.19. The van der Waals surface area contributed by atoms with Crippen LogP contribution in [0.4, 0.5) is 17.8 Å². The number of nitrogens with one attached hydrogen (secondary N) is 2. The molecule has 0 saturated heterocycles. The molecule has 0 amide bonds. The summed E-state index contributed by atoms with van der Waals surface area (Å²) in [5.74, 6) is 0.865. The molecule has 0 unspecified atom stereocenters. The molecule has 18 heavy (non-hydrogen) atoms. The highest BCUT2D eigenvalue weighted by atomic mass is 15.5. The molecule has 2 aromatic heterocycles. The number of rotatable bonds is 3. The average Bonchev–Trinajstić information content (AvgIpc) is 3.01. The average molecular weight is 243 g/mol. The highest BCUT2D eigenvalue weighted by molar-refractivity contribution is 5.49. The maximum absolute atomic E-state index is 5.60. The summed E-state index contributed by atoms with van der Waals surface area (Å²) in [6, 6.07) is 9.47. The van der Waals surface area contributed by atoms with Gasteiger partial charge >= 0.3 is 0 Å². The summed E-state index contributed by atoms with van der Waals surface area (Å²) in [4.78, 5) is 4.06. The number of nitrogens with two attached hydrogens (primary N) is 1. The number of anilines is 3. The first-order valence-corrected chi connectivity index (χ1v) is 5.11. The van der Waals surface area contributed by atoms with Crippen molar-refractivity contribution in [3.8, 4) is 5.69 Å². The Morgan fingerprint density at radius 1 is 1.22 bits per heavy atom. The van der Waals surface area contributed by atoms with Crippen LogP contribution >= 0.6 is 0 Å². The molecule has 9 nitrogen and oxygen atoms in total. The number of para-hydroxylation sites is 1. The molecule has 0 saturated carbocycles. The van der Waals surface area contributed by atoms with Crippen molar-refractivity contribution in [3.05, 3.63) is 30.3 Å². The van der Waals surface area contributed by atoms with E-state index in [1.807, 2.05) is 30.3 Å². The molecule has 90 valence electrons. The van der Waals surface area contributed by atoms with Crippen molar-refractivity contribution >= 4 is 17.8 Å². The molecule has 0 atom stereocenters. The second kappa shape index (κ2) is 4.13. The molecular weight excluding hydrogens is 234 g/mol. The lowest BCUT2D eigenvalue weighted by Gasteiger charge is -2.04. The second-order valence-electron chi connectivity index (χ2n) is 3.40. The van der Waals surface area contributed by atoms with Gasteiger partial charge in [-0.15, -0.1) is 10.2 Å². The summed E-state index contributed by atoms with van der Waals surface area (Å²) in [6.45, 7) is 0. The summed E-state index contributed by atoms with van der Waals surface area (Å²) in [6.07, 6.45) is 0. The van der Waals surface area contributed by atoms with Crippen molar-refractivity contribution in [2.75, 3.05) is 11.1 Å². The molecule has 0 fully saturated rings. The van der Waals surface area contributed by atoms with E-state index in [2.05, 4.69) is 36.0 Å². The number of nitrogen functional groups attached to an aromatic ring is 1. The molecule has 1 aromatic carbocycles. The zero-order valence-corrected chi connectivity index (χ0v) is 9.15. The van der Waals surface area contributed by atoms with Crippen molar-refractivity contribution in [1.82, 2.24) is 35.4 Å². The number of aromatic nitrogens is 7. The van der Waals surface area contributed by atoms with Crippen LogP contribution in [0.3, 0.4) is 0 Å². The molecule has 0 aliphatic rings. The first kappa shape index (κ1) is 10.2. The molecule has 3 aromatic rings. The van der Waals surface area contributed by atoms with Gasteiger partial charge in [0.25, 0.3) is 5.95 Å². The van der Waals surface area contributed by atoms with Crippen molar-refractivity contribution in [3.63, 3.8) is 0 Å².